The number of carboxylic acid groups (broad SMARTS) is 1. The number of nitrogens with zero attached hydrogens (tertiary/aromatic N) is 1. The van der Waals surface area contributed by atoms with E-state index in [1.807, 2.05) is 0 Å². The smallest absolute Gasteiger partial charge is 0.317 e. The third-order valence-corrected chi connectivity index (χ3v) is 2.12. The molecule has 0 saturated heterocycles. The zero-order chi connectivity index (χ0) is 13.8. The fourth-order valence-electron chi connectivity index (χ4n) is 1.42. The van der Waals surface area contributed by atoms with E-state index in [9.17, 15) is 14.4 Å². The first-order valence-electron chi connectivity index (χ1n) is 5.85. The Kier molecular flexibility index (Phi) is 10.0. The molecular weight excluding hydrogens is 238 g/mol. The van der Waals surface area contributed by atoms with Crippen LogP contribution < -0.4 is 10.6 Å². The van der Waals surface area contributed by atoms with Crippen molar-refractivity contribution in [2.45, 2.75) is 6.92 Å². The van der Waals surface area contributed by atoms with E-state index in [1.165, 1.54) is 6.92 Å². The normalized spacial score (nSPS) is 10.6. The van der Waals surface area contributed by atoms with Crippen molar-refractivity contribution < 1.29 is 19.5 Å². The monoisotopic (exact) mass is 259 g/mol. The summed E-state index contributed by atoms with van der Waals surface area (Å²) < 4.78 is 0. The Balaban J connectivity index is 3.65. The van der Waals surface area contributed by atoms with Gasteiger partial charge in [-0.2, -0.15) is 0 Å². The summed E-state index contributed by atoms with van der Waals surface area (Å²) in [5.41, 5.74) is 0. The van der Waals surface area contributed by atoms with Crippen LogP contribution in [0.2, 0.25) is 0 Å². The SMILES string of the molecule is CC(=O)CN(CCNCCNCC=O)CC(=O)O. The van der Waals surface area contributed by atoms with Crippen LogP contribution >= 0.6 is 0 Å². The lowest BCUT2D eigenvalue weighted by atomic mass is 10.3. The van der Waals surface area contributed by atoms with Crippen LogP contribution in [0.1, 0.15) is 6.92 Å². The molecule has 0 aliphatic carbocycles. The van der Waals surface area contributed by atoms with E-state index in [4.69, 9.17) is 5.11 Å². The van der Waals surface area contributed by atoms with Crippen LogP contribution in [0.3, 0.4) is 0 Å². The summed E-state index contributed by atoms with van der Waals surface area (Å²) in [7, 11) is 0. The van der Waals surface area contributed by atoms with Crippen LogP contribution in [-0.4, -0.2) is 73.9 Å². The van der Waals surface area contributed by atoms with Crippen LogP contribution in [0, 0.1) is 0 Å². The van der Waals surface area contributed by atoms with Crippen LogP contribution in [0.15, 0.2) is 0 Å². The Bertz CT molecular complexity index is 255. The van der Waals surface area contributed by atoms with Crippen LogP contribution in [0.25, 0.3) is 0 Å². The Labute approximate surface area is 107 Å². The summed E-state index contributed by atoms with van der Waals surface area (Å²) in [6.07, 6.45) is 0.793. The molecule has 7 heteroatoms. The number of aliphatic carboxylic acids is 1. The number of ketones is 1. The van der Waals surface area contributed by atoms with E-state index in [-0.39, 0.29) is 18.9 Å². The maximum absolute atomic E-state index is 10.9. The van der Waals surface area contributed by atoms with Crippen molar-refractivity contribution in [2.75, 3.05) is 45.8 Å². The van der Waals surface area contributed by atoms with Gasteiger partial charge >= 0.3 is 5.97 Å². The minimum atomic E-state index is -0.941. The van der Waals surface area contributed by atoms with E-state index in [2.05, 4.69) is 10.6 Å². The summed E-state index contributed by atoms with van der Waals surface area (Å²) in [6, 6.07) is 0. The topological polar surface area (TPSA) is 98.7 Å². The molecule has 104 valence electrons. The van der Waals surface area contributed by atoms with Gasteiger partial charge in [-0.25, -0.2) is 0 Å². The predicted molar refractivity (Wildman–Crippen MR) is 66.6 cm³/mol. The number of aldehydes is 1. The van der Waals surface area contributed by atoms with Gasteiger partial charge in [-0.3, -0.25) is 14.5 Å². The van der Waals surface area contributed by atoms with Gasteiger partial charge in [0, 0.05) is 26.2 Å². The van der Waals surface area contributed by atoms with Gasteiger partial charge in [-0.15, -0.1) is 0 Å². The van der Waals surface area contributed by atoms with Gasteiger partial charge in [0.1, 0.15) is 12.1 Å². The van der Waals surface area contributed by atoms with Gasteiger partial charge in [-0.1, -0.05) is 0 Å². The highest BCUT2D eigenvalue weighted by molar-refractivity contribution is 5.78. The standard InChI is InChI=1S/C11H21N3O4/c1-10(16)8-14(9-11(17)18)6-4-12-2-3-13-5-7-15/h7,12-13H,2-6,8-9H2,1H3,(H,17,18). The van der Waals surface area contributed by atoms with E-state index < -0.39 is 5.97 Å². The molecule has 0 unspecified atom stereocenters. The van der Waals surface area contributed by atoms with Gasteiger partial charge < -0.3 is 20.5 Å². The number of carbonyl (C=O) groups excluding carboxylic acids is 2. The summed E-state index contributed by atoms with van der Waals surface area (Å²) >= 11 is 0. The van der Waals surface area contributed by atoms with Crippen LogP contribution in [0.5, 0.6) is 0 Å². The lowest BCUT2D eigenvalue weighted by molar-refractivity contribution is -0.138. The molecule has 0 radical (unpaired) electrons. The third-order valence-electron chi connectivity index (χ3n) is 2.12. The number of hydrogen-bond donors (Lipinski definition) is 3. The number of nitrogens with one attached hydrogen (secondary N) is 2. The second-order valence-corrected chi connectivity index (χ2v) is 3.93. The number of hydrogen-bond acceptors (Lipinski definition) is 6. The molecule has 0 saturated carbocycles. The molecule has 0 spiro atoms. The molecule has 7 nitrogen and oxygen atoms in total. The number of rotatable bonds is 12. The molecule has 0 heterocycles. The molecule has 0 aromatic carbocycles. The molecular formula is C11H21N3O4. The third kappa shape index (κ3) is 11.2. The molecule has 0 aromatic heterocycles. The minimum absolute atomic E-state index is 0.0519. The molecule has 0 bridgehead atoms. The molecule has 0 aliphatic rings. The maximum atomic E-state index is 10.9. The predicted octanol–water partition coefficient (Wildman–Crippen LogP) is -1.66. The van der Waals surface area contributed by atoms with E-state index in [0.29, 0.717) is 32.7 Å². The second-order valence-electron chi connectivity index (χ2n) is 3.93. The summed E-state index contributed by atoms with van der Waals surface area (Å²) in [6.45, 7) is 4.24. The van der Waals surface area contributed by atoms with Crippen molar-refractivity contribution in [1.82, 2.24) is 15.5 Å². The highest BCUT2D eigenvalue weighted by atomic mass is 16.4. The first kappa shape index (κ1) is 16.7. The molecule has 0 amide bonds. The average Bonchev–Trinajstić information content (AvgIpc) is 2.26. The molecule has 0 rings (SSSR count). The average molecular weight is 259 g/mol. The highest BCUT2D eigenvalue weighted by Crippen LogP contribution is 1.88. The lowest BCUT2D eigenvalue weighted by Gasteiger charge is -2.18. The summed E-state index contributed by atoms with van der Waals surface area (Å²) in [4.78, 5) is 33.1. The second kappa shape index (κ2) is 10.8. The van der Waals surface area contributed by atoms with Gasteiger partial charge in [0.2, 0.25) is 0 Å². The quantitative estimate of drug-likeness (QED) is 0.285. The van der Waals surface area contributed by atoms with Gasteiger partial charge in [0.05, 0.1) is 19.6 Å². The number of carboxylic acids is 1. The zero-order valence-corrected chi connectivity index (χ0v) is 10.6. The Hall–Kier alpha value is -1.31. The maximum Gasteiger partial charge on any atom is 0.317 e. The number of Topliss-reactive ketones (excluding diaryl/α,β-unsaturated/α-hetero) is 1. The first-order chi connectivity index (χ1) is 8.56. The van der Waals surface area contributed by atoms with Crippen molar-refractivity contribution in [3.05, 3.63) is 0 Å². The summed E-state index contributed by atoms with van der Waals surface area (Å²) in [5, 5.41) is 14.7. The fourth-order valence-corrected chi connectivity index (χ4v) is 1.42. The molecule has 0 fully saturated rings. The van der Waals surface area contributed by atoms with E-state index in [0.717, 1.165) is 6.29 Å². The minimum Gasteiger partial charge on any atom is -0.480 e. The molecule has 0 aliphatic heterocycles. The Morgan fingerprint density at radius 3 is 2.39 bits per heavy atom. The van der Waals surface area contributed by atoms with E-state index in [1.54, 1.807) is 4.90 Å². The Morgan fingerprint density at radius 2 is 1.83 bits per heavy atom. The molecule has 3 N–H and O–H groups in total. The van der Waals surface area contributed by atoms with Crippen molar-refractivity contribution in [2.24, 2.45) is 0 Å². The number of carbonyl (C=O) groups is 3. The van der Waals surface area contributed by atoms with Gasteiger partial charge in [0.25, 0.3) is 0 Å². The van der Waals surface area contributed by atoms with Gasteiger partial charge in [0.15, 0.2) is 0 Å². The largest absolute Gasteiger partial charge is 0.480 e. The molecule has 0 aromatic rings. The molecule has 0 atom stereocenters. The van der Waals surface area contributed by atoms with Gasteiger partial charge in [-0.05, 0) is 6.92 Å². The Morgan fingerprint density at radius 1 is 1.17 bits per heavy atom. The fraction of sp³-hybridized carbons (Fsp3) is 0.727. The van der Waals surface area contributed by atoms with Crippen LogP contribution in [-0.2, 0) is 14.4 Å². The zero-order valence-electron chi connectivity index (χ0n) is 10.6. The van der Waals surface area contributed by atoms with Crippen molar-refractivity contribution in [1.29, 1.82) is 0 Å². The highest BCUT2D eigenvalue weighted by Gasteiger charge is 2.10. The lowest BCUT2D eigenvalue weighted by Crippen LogP contribution is -2.39. The van der Waals surface area contributed by atoms with Crippen LogP contribution in [0.4, 0.5) is 0 Å². The van der Waals surface area contributed by atoms with Crippen molar-refractivity contribution in [3.63, 3.8) is 0 Å². The van der Waals surface area contributed by atoms with Crippen molar-refractivity contribution >= 4 is 18.0 Å². The summed E-state index contributed by atoms with van der Waals surface area (Å²) in [5.74, 6) is -0.993. The van der Waals surface area contributed by atoms with Crippen molar-refractivity contribution in [3.8, 4) is 0 Å². The van der Waals surface area contributed by atoms with E-state index >= 15 is 0 Å². The molecule has 18 heavy (non-hydrogen) atoms. The first-order valence-corrected chi connectivity index (χ1v) is 5.85.